The van der Waals surface area contributed by atoms with Gasteiger partial charge in [-0.25, -0.2) is 4.68 Å². The Kier molecular flexibility index (Phi) is 5.39. The molecule has 156 valence electrons. The lowest BCUT2D eigenvalue weighted by Gasteiger charge is -2.37. The van der Waals surface area contributed by atoms with Gasteiger partial charge in [0.2, 0.25) is 0 Å². The smallest absolute Gasteiger partial charge is 0.140 e. The normalized spacial score (nSPS) is 16.1. The van der Waals surface area contributed by atoms with Gasteiger partial charge >= 0.3 is 0 Å². The second kappa shape index (κ2) is 8.48. The van der Waals surface area contributed by atoms with Gasteiger partial charge in [0.25, 0.3) is 0 Å². The molecule has 31 heavy (non-hydrogen) atoms. The maximum absolute atomic E-state index is 9.59. The summed E-state index contributed by atoms with van der Waals surface area (Å²) in [5, 5.41) is 19.1. The molecule has 4 aromatic rings. The molecule has 0 spiro atoms. The Balaban J connectivity index is 1.84. The van der Waals surface area contributed by atoms with Crippen molar-refractivity contribution >= 4 is 0 Å². The zero-order chi connectivity index (χ0) is 21.1. The standard InChI is InChI=1S/C27H27N3O/c31-20-19-21-11-10-18-25-26(21)28-29-30(25)27(22-12-4-1-5-13-22,23-14-6-2-7-15-23)24-16-8-3-9-17-24/h1-9,12-17,21,31H,10-11,18-20H2. The van der Waals surface area contributed by atoms with Crippen LogP contribution in [-0.2, 0) is 12.0 Å². The maximum Gasteiger partial charge on any atom is 0.140 e. The van der Waals surface area contributed by atoms with Crippen LogP contribution in [0.2, 0.25) is 0 Å². The van der Waals surface area contributed by atoms with E-state index in [0.717, 1.165) is 48.1 Å². The predicted molar refractivity (Wildman–Crippen MR) is 122 cm³/mol. The molecule has 1 N–H and O–H groups in total. The van der Waals surface area contributed by atoms with Gasteiger partial charge in [0.1, 0.15) is 5.54 Å². The molecule has 1 atom stereocenters. The molecule has 0 fully saturated rings. The summed E-state index contributed by atoms with van der Waals surface area (Å²) in [6.45, 7) is 0.179. The zero-order valence-electron chi connectivity index (χ0n) is 17.6. The average Bonchev–Trinajstić information content (AvgIpc) is 3.28. The van der Waals surface area contributed by atoms with Gasteiger partial charge in [-0.1, -0.05) is 96.2 Å². The van der Waals surface area contributed by atoms with Crippen LogP contribution in [0.5, 0.6) is 0 Å². The Morgan fingerprint density at radius 3 is 1.81 bits per heavy atom. The molecule has 0 saturated carbocycles. The fourth-order valence-electron chi connectivity index (χ4n) is 5.13. The van der Waals surface area contributed by atoms with E-state index in [9.17, 15) is 5.11 Å². The van der Waals surface area contributed by atoms with Gasteiger partial charge in [-0.2, -0.15) is 0 Å². The van der Waals surface area contributed by atoms with Crippen LogP contribution < -0.4 is 0 Å². The fraction of sp³-hybridized carbons (Fsp3) is 0.259. The molecule has 0 bridgehead atoms. The van der Waals surface area contributed by atoms with Crippen LogP contribution in [0.3, 0.4) is 0 Å². The van der Waals surface area contributed by atoms with Crippen molar-refractivity contribution in [1.29, 1.82) is 0 Å². The Morgan fingerprint density at radius 1 is 0.806 bits per heavy atom. The maximum atomic E-state index is 9.59. The van der Waals surface area contributed by atoms with E-state index in [1.165, 1.54) is 5.69 Å². The largest absolute Gasteiger partial charge is 0.396 e. The number of aliphatic hydroxyl groups is 1. The van der Waals surface area contributed by atoms with Crippen LogP contribution in [-0.4, -0.2) is 26.7 Å². The van der Waals surface area contributed by atoms with E-state index >= 15 is 0 Å². The van der Waals surface area contributed by atoms with Crippen molar-refractivity contribution in [2.75, 3.05) is 6.61 Å². The first-order valence-electron chi connectivity index (χ1n) is 11.1. The number of benzene rings is 3. The molecule has 1 aliphatic rings. The van der Waals surface area contributed by atoms with E-state index in [0.29, 0.717) is 0 Å². The fourth-order valence-corrected chi connectivity index (χ4v) is 5.13. The summed E-state index contributed by atoms with van der Waals surface area (Å²) < 4.78 is 2.16. The summed E-state index contributed by atoms with van der Waals surface area (Å²) in [6.07, 6.45) is 3.82. The molecule has 1 aliphatic carbocycles. The Labute approximate surface area is 183 Å². The molecule has 4 nitrogen and oxygen atoms in total. The Hall–Kier alpha value is -3.24. The first-order valence-corrected chi connectivity index (χ1v) is 11.1. The molecule has 4 heteroatoms. The van der Waals surface area contributed by atoms with Gasteiger partial charge in [0.15, 0.2) is 0 Å². The lowest BCUT2D eigenvalue weighted by molar-refractivity contribution is 0.268. The molecule has 1 heterocycles. The van der Waals surface area contributed by atoms with Crippen LogP contribution >= 0.6 is 0 Å². The molecule has 1 unspecified atom stereocenters. The third kappa shape index (κ3) is 3.28. The molecular weight excluding hydrogens is 382 g/mol. The minimum Gasteiger partial charge on any atom is -0.396 e. The molecule has 0 radical (unpaired) electrons. The number of rotatable bonds is 6. The van der Waals surface area contributed by atoms with Crippen molar-refractivity contribution < 1.29 is 5.11 Å². The van der Waals surface area contributed by atoms with E-state index in [4.69, 9.17) is 10.3 Å². The van der Waals surface area contributed by atoms with Crippen LogP contribution in [0.1, 0.15) is 53.3 Å². The van der Waals surface area contributed by atoms with Crippen LogP contribution in [0.15, 0.2) is 91.0 Å². The van der Waals surface area contributed by atoms with Crippen molar-refractivity contribution in [3.63, 3.8) is 0 Å². The highest BCUT2D eigenvalue weighted by Gasteiger charge is 2.42. The highest BCUT2D eigenvalue weighted by atomic mass is 16.3. The second-order valence-electron chi connectivity index (χ2n) is 8.24. The van der Waals surface area contributed by atoms with Crippen molar-refractivity contribution in [1.82, 2.24) is 15.0 Å². The topological polar surface area (TPSA) is 50.9 Å². The number of fused-ring (bicyclic) bond motifs is 1. The average molecular weight is 410 g/mol. The van der Waals surface area contributed by atoms with E-state index in [1.807, 2.05) is 0 Å². The molecule has 0 aliphatic heterocycles. The van der Waals surface area contributed by atoms with E-state index < -0.39 is 5.54 Å². The number of hydrogen-bond acceptors (Lipinski definition) is 3. The SMILES string of the molecule is OCCC1CCCc2c1nnn2C(c1ccccc1)(c1ccccc1)c1ccccc1. The lowest BCUT2D eigenvalue weighted by atomic mass is 9.76. The third-order valence-corrected chi connectivity index (χ3v) is 6.52. The van der Waals surface area contributed by atoms with E-state index in [1.54, 1.807) is 0 Å². The number of hydrogen-bond donors (Lipinski definition) is 1. The summed E-state index contributed by atoms with van der Waals surface area (Å²) in [5.74, 6) is 0.266. The van der Waals surface area contributed by atoms with Crippen molar-refractivity contribution in [3.8, 4) is 0 Å². The van der Waals surface area contributed by atoms with Crippen molar-refractivity contribution in [3.05, 3.63) is 119 Å². The van der Waals surface area contributed by atoms with Crippen LogP contribution in [0.25, 0.3) is 0 Å². The summed E-state index contributed by atoms with van der Waals surface area (Å²) in [5.41, 5.74) is 5.08. The third-order valence-electron chi connectivity index (χ3n) is 6.52. The quantitative estimate of drug-likeness (QED) is 0.460. The zero-order valence-corrected chi connectivity index (χ0v) is 17.6. The molecule has 0 amide bonds. The summed E-state index contributed by atoms with van der Waals surface area (Å²) >= 11 is 0. The predicted octanol–water partition coefficient (Wildman–Crippen LogP) is 4.92. The molecule has 3 aromatic carbocycles. The molecule has 1 aromatic heterocycles. The minimum atomic E-state index is -0.620. The Morgan fingerprint density at radius 2 is 1.32 bits per heavy atom. The van der Waals surface area contributed by atoms with Gasteiger partial charge in [-0.15, -0.1) is 5.10 Å². The number of nitrogens with zero attached hydrogens (tertiary/aromatic N) is 3. The lowest BCUT2D eigenvalue weighted by Crippen LogP contribution is -2.40. The molecular formula is C27H27N3O. The van der Waals surface area contributed by atoms with Crippen LogP contribution in [0, 0.1) is 0 Å². The molecule has 5 rings (SSSR count). The van der Waals surface area contributed by atoms with E-state index in [-0.39, 0.29) is 12.5 Å². The highest BCUT2D eigenvalue weighted by Crippen LogP contribution is 2.43. The van der Waals surface area contributed by atoms with Gasteiger partial charge < -0.3 is 5.11 Å². The van der Waals surface area contributed by atoms with Gasteiger partial charge in [0.05, 0.1) is 11.4 Å². The Bertz CT molecular complexity index is 1030. The van der Waals surface area contributed by atoms with Crippen molar-refractivity contribution in [2.24, 2.45) is 0 Å². The molecule has 0 saturated heterocycles. The minimum absolute atomic E-state index is 0.179. The summed E-state index contributed by atoms with van der Waals surface area (Å²) in [4.78, 5) is 0. The highest BCUT2D eigenvalue weighted by molar-refractivity contribution is 5.51. The van der Waals surface area contributed by atoms with Gasteiger partial charge in [-0.05, 0) is 42.4 Å². The monoisotopic (exact) mass is 409 g/mol. The second-order valence-corrected chi connectivity index (χ2v) is 8.24. The van der Waals surface area contributed by atoms with Gasteiger partial charge in [0, 0.05) is 12.5 Å². The summed E-state index contributed by atoms with van der Waals surface area (Å²) in [6, 6.07) is 31.8. The first-order chi connectivity index (χ1) is 15.4. The van der Waals surface area contributed by atoms with E-state index in [2.05, 4.69) is 95.7 Å². The van der Waals surface area contributed by atoms with Crippen LogP contribution in [0.4, 0.5) is 0 Å². The number of aromatic nitrogens is 3. The first kappa shape index (κ1) is 19.7. The number of aliphatic hydroxyl groups excluding tert-OH is 1. The van der Waals surface area contributed by atoms with Crippen molar-refractivity contribution in [2.45, 2.75) is 37.1 Å². The summed E-state index contributed by atoms with van der Waals surface area (Å²) in [7, 11) is 0. The van der Waals surface area contributed by atoms with Gasteiger partial charge in [-0.3, -0.25) is 0 Å².